The molecule has 10 atom stereocenters. The summed E-state index contributed by atoms with van der Waals surface area (Å²) < 4.78 is 6.41. The molecule has 0 unspecified atom stereocenters. The first-order valence-electron chi connectivity index (χ1n) is 21.9. The van der Waals surface area contributed by atoms with Gasteiger partial charge in [0.1, 0.15) is 6.10 Å². The average molecular weight is 689 g/mol. The highest BCUT2D eigenvalue weighted by Gasteiger charge is 2.68. The third-order valence-corrected chi connectivity index (χ3v) is 16.9. The Hall–Kier alpha value is -1.31. The molecule has 5 aliphatic rings. The minimum absolute atomic E-state index is 0.0195. The first-order valence-corrected chi connectivity index (χ1v) is 21.9. The average Bonchev–Trinajstić information content (AvgIpc) is 3.07. The van der Waals surface area contributed by atoms with Gasteiger partial charge in [0.25, 0.3) is 0 Å². The van der Waals surface area contributed by atoms with Gasteiger partial charge in [0.15, 0.2) is 0 Å². The SMILES string of the molecule is CCCCC/C=C/C/C=C/CCCCCCCC(=O)O[C@H]1CC[C@]2(C)[C@H]3CC=C4[C@@H]5[C@@H](C)[C@H](C)CC[C@]5(C)CC[C@@]4(C)[C@]3(C)CC[C@H]2C1(C)C. The summed E-state index contributed by atoms with van der Waals surface area (Å²) in [6.07, 6.45) is 37.8. The van der Waals surface area contributed by atoms with Gasteiger partial charge in [-0.3, -0.25) is 4.79 Å². The number of fused-ring (bicyclic) bond motifs is 7. The molecule has 0 bridgehead atoms. The van der Waals surface area contributed by atoms with Gasteiger partial charge in [-0.15, -0.1) is 0 Å². The van der Waals surface area contributed by atoms with Crippen LogP contribution in [0.1, 0.15) is 197 Å². The van der Waals surface area contributed by atoms with Crippen LogP contribution < -0.4 is 0 Å². The van der Waals surface area contributed by atoms with Crippen molar-refractivity contribution in [2.24, 2.45) is 56.7 Å². The van der Waals surface area contributed by atoms with Gasteiger partial charge in [0.05, 0.1) is 0 Å². The molecule has 4 saturated carbocycles. The van der Waals surface area contributed by atoms with Crippen LogP contribution in [0.25, 0.3) is 0 Å². The van der Waals surface area contributed by atoms with E-state index in [1.54, 1.807) is 0 Å². The molecule has 0 saturated heterocycles. The van der Waals surface area contributed by atoms with E-state index in [4.69, 9.17) is 4.74 Å². The number of hydrogen-bond donors (Lipinski definition) is 0. The fourth-order valence-corrected chi connectivity index (χ4v) is 13.3. The van der Waals surface area contributed by atoms with Crippen molar-refractivity contribution in [2.75, 3.05) is 0 Å². The van der Waals surface area contributed by atoms with Gasteiger partial charge < -0.3 is 4.74 Å². The third-order valence-electron chi connectivity index (χ3n) is 16.9. The lowest BCUT2D eigenvalue weighted by molar-refractivity contribution is -0.213. The highest BCUT2D eigenvalue weighted by molar-refractivity contribution is 5.69. The summed E-state index contributed by atoms with van der Waals surface area (Å²) in [7, 11) is 0. The van der Waals surface area contributed by atoms with E-state index in [9.17, 15) is 4.79 Å². The first-order chi connectivity index (χ1) is 23.7. The molecule has 2 nitrogen and oxygen atoms in total. The number of rotatable bonds is 15. The number of allylic oxidation sites excluding steroid dienone is 6. The minimum atomic E-state index is 0.0195. The van der Waals surface area contributed by atoms with Gasteiger partial charge in [0, 0.05) is 11.8 Å². The largest absolute Gasteiger partial charge is 0.462 e. The molecule has 0 aromatic rings. The van der Waals surface area contributed by atoms with Crippen LogP contribution in [0.4, 0.5) is 0 Å². The second-order valence-electron chi connectivity index (χ2n) is 20.1. The highest BCUT2D eigenvalue weighted by atomic mass is 16.5. The maximum atomic E-state index is 13.2. The first kappa shape index (κ1) is 39.9. The van der Waals surface area contributed by atoms with Gasteiger partial charge in [-0.2, -0.15) is 0 Å². The van der Waals surface area contributed by atoms with Gasteiger partial charge >= 0.3 is 5.97 Å². The van der Waals surface area contributed by atoms with E-state index in [1.165, 1.54) is 103 Å². The molecule has 0 radical (unpaired) electrons. The fraction of sp³-hybridized carbons (Fsp3) is 0.854. The maximum Gasteiger partial charge on any atom is 0.306 e. The molecule has 0 spiro atoms. The van der Waals surface area contributed by atoms with E-state index in [-0.39, 0.29) is 17.5 Å². The molecule has 5 aliphatic carbocycles. The van der Waals surface area contributed by atoms with E-state index in [0.29, 0.717) is 39.9 Å². The number of unbranched alkanes of at least 4 members (excludes halogenated alkanes) is 8. The predicted octanol–water partition coefficient (Wildman–Crippen LogP) is 14.4. The Morgan fingerprint density at radius 2 is 1.44 bits per heavy atom. The fourth-order valence-electron chi connectivity index (χ4n) is 13.3. The van der Waals surface area contributed by atoms with E-state index in [2.05, 4.69) is 92.7 Å². The molecular weight excluding hydrogens is 609 g/mol. The molecule has 50 heavy (non-hydrogen) atoms. The molecule has 0 aromatic carbocycles. The summed E-state index contributed by atoms with van der Waals surface area (Å²) in [4.78, 5) is 13.2. The van der Waals surface area contributed by atoms with Crippen LogP contribution in [0.5, 0.6) is 0 Å². The van der Waals surface area contributed by atoms with Gasteiger partial charge in [-0.05, 0) is 148 Å². The van der Waals surface area contributed by atoms with Crippen LogP contribution in [0.2, 0.25) is 0 Å². The number of carbonyl (C=O) groups is 1. The lowest BCUT2D eigenvalue weighted by Crippen LogP contribution is -2.65. The van der Waals surface area contributed by atoms with Crippen LogP contribution in [-0.2, 0) is 9.53 Å². The van der Waals surface area contributed by atoms with Crippen molar-refractivity contribution in [2.45, 2.75) is 203 Å². The Labute approximate surface area is 310 Å². The second-order valence-corrected chi connectivity index (χ2v) is 20.1. The van der Waals surface area contributed by atoms with Crippen molar-refractivity contribution < 1.29 is 9.53 Å². The standard InChI is InChI=1S/C48H80O2/c1-10-11-12-13-14-15-16-17-18-19-20-21-22-23-24-25-42(49)50-41-30-32-46(7)39(44(41,4)5)29-33-48(9)40(46)27-26-38-43-37(3)36(2)28-31-45(43,6)34-35-47(38,48)8/h14-15,17-18,26,36-37,39-41,43H,10-13,16,19-25,27-35H2,1-9H3/b15-14+,18-17+/t36-,37+,39+,40-,41+,43+,45-,46+,47-,48-/m1/s1. The van der Waals surface area contributed by atoms with Crippen molar-refractivity contribution in [3.8, 4) is 0 Å². The van der Waals surface area contributed by atoms with Crippen LogP contribution in [0.3, 0.4) is 0 Å². The lowest BCUT2D eigenvalue weighted by Gasteiger charge is -2.71. The lowest BCUT2D eigenvalue weighted by atomic mass is 9.33. The molecule has 2 heteroatoms. The van der Waals surface area contributed by atoms with Crippen molar-refractivity contribution in [1.82, 2.24) is 0 Å². The molecule has 0 amide bonds. The van der Waals surface area contributed by atoms with Crippen molar-refractivity contribution in [1.29, 1.82) is 0 Å². The summed E-state index contributed by atoms with van der Waals surface area (Å²) in [5.74, 6) is 3.77. The van der Waals surface area contributed by atoms with Gasteiger partial charge in [-0.25, -0.2) is 0 Å². The molecule has 5 rings (SSSR count). The van der Waals surface area contributed by atoms with E-state index in [0.717, 1.165) is 43.4 Å². The highest BCUT2D eigenvalue weighted by Crippen LogP contribution is 2.75. The van der Waals surface area contributed by atoms with E-state index >= 15 is 0 Å². The number of ether oxygens (including phenoxy) is 1. The van der Waals surface area contributed by atoms with Crippen LogP contribution in [0, 0.1) is 56.7 Å². The topological polar surface area (TPSA) is 26.3 Å². The summed E-state index contributed by atoms with van der Waals surface area (Å²) >= 11 is 0. The Kier molecular flexibility index (Phi) is 13.1. The van der Waals surface area contributed by atoms with Crippen LogP contribution in [-0.4, -0.2) is 12.1 Å². The Balaban J connectivity index is 1.10. The normalized spacial score (nSPS) is 40.9. The van der Waals surface area contributed by atoms with Crippen LogP contribution >= 0.6 is 0 Å². The second kappa shape index (κ2) is 16.4. The van der Waals surface area contributed by atoms with Gasteiger partial charge in [-0.1, -0.05) is 130 Å². The quantitative estimate of drug-likeness (QED) is 0.0972. The monoisotopic (exact) mass is 689 g/mol. The maximum absolute atomic E-state index is 13.2. The van der Waals surface area contributed by atoms with Gasteiger partial charge in [0.2, 0.25) is 0 Å². The number of esters is 1. The summed E-state index contributed by atoms with van der Waals surface area (Å²) in [5.41, 5.74) is 3.36. The minimum Gasteiger partial charge on any atom is -0.462 e. The molecule has 4 fully saturated rings. The Morgan fingerprint density at radius 1 is 0.760 bits per heavy atom. The van der Waals surface area contributed by atoms with Crippen molar-refractivity contribution >= 4 is 5.97 Å². The zero-order valence-corrected chi connectivity index (χ0v) is 34.5. The Morgan fingerprint density at radius 3 is 2.16 bits per heavy atom. The van der Waals surface area contributed by atoms with E-state index in [1.807, 2.05) is 5.57 Å². The summed E-state index contributed by atoms with van der Waals surface area (Å²) in [5, 5.41) is 0. The predicted molar refractivity (Wildman–Crippen MR) is 214 cm³/mol. The smallest absolute Gasteiger partial charge is 0.306 e. The zero-order chi connectivity index (χ0) is 36.2. The van der Waals surface area contributed by atoms with Crippen LogP contribution in [0.15, 0.2) is 36.0 Å². The van der Waals surface area contributed by atoms with Crippen molar-refractivity contribution in [3.63, 3.8) is 0 Å². The molecule has 0 heterocycles. The number of hydrogen-bond acceptors (Lipinski definition) is 2. The third kappa shape index (κ3) is 7.68. The molecule has 0 aromatic heterocycles. The zero-order valence-electron chi connectivity index (χ0n) is 34.5. The molecule has 0 N–H and O–H groups in total. The summed E-state index contributed by atoms with van der Waals surface area (Å²) in [6.45, 7) is 23.1. The molecular formula is C48H80O2. The molecule has 284 valence electrons. The summed E-state index contributed by atoms with van der Waals surface area (Å²) in [6, 6.07) is 0. The van der Waals surface area contributed by atoms with E-state index < -0.39 is 0 Å². The molecule has 0 aliphatic heterocycles. The Bertz CT molecular complexity index is 1220. The number of carbonyl (C=O) groups excluding carboxylic acids is 1. The van der Waals surface area contributed by atoms with Crippen molar-refractivity contribution in [3.05, 3.63) is 36.0 Å².